The molecule has 0 saturated heterocycles. The number of Topliss-reactive ketones (excluding diaryl/α,β-unsaturated/α-hetero) is 1. The highest BCUT2D eigenvalue weighted by molar-refractivity contribution is 7.90. The van der Waals surface area contributed by atoms with E-state index in [-0.39, 0.29) is 27.7 Å². The lowest BCUT2D eigenvalue weighted by Crippen LogP contribution is -2.25. The number of carbonyl (C=O) groups excluding carboxylic acids is 1. The Labute approximate surface area is 170 Å². The van der Waals surface area contributed by atoms with E-state index < -0.39 is 33.6 Å². The van der Waals surface area contributed by atoms with Crippen molar-refractivity contribution < 1.29 is 26.7 Å². The molecule has 1 aromatic heterocycles. The molecule has 3 rings (SSSR count). The van der Waals surface area contributed by atoms with Gasteiger partial charge in [-0.1, -0.05) is 12.1 Å². The number of nitrogens with zero attached hydrogens (tertiary/aromatic N) is 2. The zero-order chi connectivity index (χ0) is 22.1. The summed E-state index contributed by atoms with van der Waals surface area (Å²) in [7, 11) is -3.42. The largest absolute Gasteiger partial charge is 0.479 e. The van der Waals surface area contributed by atoms with E-state index in [2.05, 4.69) is 5.10 Å². The van der Waals surface area contributed by atoms with Crippen molar-refractivity contribution in [1.29, 1.82) is 0 Å². The summed E-state index contributed by atoms with van der Waals surface area (Å²) in [5.41, 5.74) is -0.208. The molecule has 0 fully saturated rings. The van der Waals surface area contributed by atoms with E-state index in [9.17, 15) is 26.8 Å². The number of sulfone groups is 1. The van der Waals surface area contributed by atoms with Gasteiger partial charge in [-0.3, -0.25) is 9.59 Å². The molecule has 0 radical (unpaired) electrons. The van der Waals surface area contributed by atoms with Gasteiger partial charge >= 0.3 is 5.56 Å². The molecule has 2 aromatic carbocycles. The maximum atomic E-state index is 13.6. The predicted octanol–water partition coefficient (Wildman–Crippen LogP) is 2.55. The van der Waals surface area contributed by atoms with E-state index in [0.717, 1.165) is 23.1 Å². The zero-order valence-corrected chi connectivity index (χ0v) is 16.7. The van der Waals surface area contributed by atoms with Crippen LogP contribution in [-0.4, -0.2) is 36.8 Å². The van der Waals surface area contributed by atoms with Crippen LogP contribution in [0.3, 0.4) is 0 Å². The van der Waals surface area contributed by atoms with Crippen LogP contribution in [0, 0.1) is 11.6 Å². The zero-order valence-electron chi connectivity index (χ0n) is 15.9. The maximum absolute atomic E-state index is 13.6. The van der Waals surface area contributed by atoms with Gasteiger partial charge in [0.2, 0.25) is 0 Å². The number of rotatable bonds is 6. The molecule has 0 unspecified atom stereocenters. The SMILES string of the molecule is CC(=O)COc1c(-c2ccc(S(C)(=O)=O)cc2)cnn(-c2ccc(F)c(F)c2)c1=O. The van der Waals surface area contributed by atoms with Crippen molar-refractivity contribution in [2.24, 2.45) is 0 Å². The Morgan fingerprint density at radius 2 is 1.77 bits per heavy atom. The topological polar surface area (TPSA) is 95.3 Å². The lowest BCUT2D eigenvalue weighted by Gasteiger charge is -2.13. The number of aromatic nitrogens is 2. The molecule has 0 aliphatic rings. The summed E-state index contributed by atoms with van der Waals surface area (Å²) in [6.45, 7) is 0.876. The molecule has 1 heterocycles. The molecule has 0 atom stereocenters. The number of hydrogen-bond donors (Lipinski definition) is 0. The second-order valence-corrected chi connectivity index (χ2v) is 8.51. The summed E-state index contributed by atoms with van der Waals surface area (Å²) in [5, 5.41) is 3.99. The Kier molecular flexibility index (Phi) is 5.79. The normalized spacial score (nSPS) is 11.3. The first kappa shape index (κ1) is 21.3. The van der Waals surface area contributed by atoms with E-state index in [0.29, 0.717) is 5.56 Å². The van der Waals surface area contributed by atoms with Crippen molar-refractivity contribution in [1.82, 2.24) is 9.78 Å². The van der Waals surface area contributed by atoms with Crippen molar-refractivity contribution in [2.75, 3.05) is 12.9 Å². The molecule has 0 bridgehead atoms. The third-order valence-electron chi connectivity index (χ3n) is 4.09. The van der Waals surface area contributed by atoms with Crippen LogP contribution in [0.1, 0.15) is 6.92 Å². The van der Waals surface area contributed by atoms with Crippen molar-refractivity contribution >= 4 is 15.6 Å². The first-order chi connectivity index (χ1) is 14.1. The summed E-state index contributed by atoms with van der Waals surface area (Å²) in [5.74, 6) is -2.82. The average molecular weight is 434 g/mol. The summed E-state index contributed by atoms with van der Waals surface area (Å²) in [4.78, 5) is 24.4. The summed E-state index contributed by atoms with van der Waals surface area (Å²) in [6.07, 6.45) is 2.32. The third kappa shape index (κ3) is 4.43. The Bertz CT molecular complexity index is 1290. The van der Waals surface area contributed by atoms with Crippen LogP contribution < -0.4 is 10.3 Å². The molecule has 0 aliphatic heterocycles. The molecule has 156 valence electrons. The number of carbonyl (C=O) groups is 1. The lowest BCUT2D eigenvalue weighted by atomic mass is 10.1. The van der Waals surface area contributed by atoms with E-state index in [4.69, 9.17) is 4.74 Å². The van der Waals surface area contributed by atoms with Crippen molar-refractivity contribution in [3.8, 4) is 22.6 Å². The fourth-order valence-corrected chi connectivity index (χ4v) is 3.27. The van der Waals surface area contributed by atoms with Gasteiger partial charge in [0.15, 0.2) is 33.0 Å². The Hall–Kier alpha value is -3.40. The second-order valence-electron chi connectivity index (χ2n) is 6.49. The third-order valence-corrected chi connectivity index (χ3v) is 5.22. The first-order valence-corrected chi connectivity index (χ1v) is 10.5. The molecular weight excluding hydrogens is 418 g/mol. The highest BCUT2D eigenvalue weighted by Crippen LogP contribution is 2.28. The van der Waals surface area contributed by atoms with E-state index in [1.54, 1.807) is 0 Å². The Balaban J connectivity index is 2.15. The predicted molar refractivity (Wildman–Crippen MR) is 104 cm³/mol. The van der Waals surface area contributed by atoms with Crippen LogP contribution in [-0.2, 0) is 14.6 Å². The summed E-state index contributed by atoms with van der Waals surface area (Å²) >= 11 is 0. The number of hydrogen-bond acceptors (Lipinski definition) is 6. The minimum atomic E-state index is -3.42. The fourth-order valence-electron chi connectivity index (χ4n) is 2.64. The molecule has 0 saturated carbocycles. The van der Waals surface area contributed by atoms with Crippen LogP contribution >= 0.6 is 0 Å². The number of halogens is 2. The quantitative estimate of drug-likeness (QED) is 0.592. The van der Waals surface area contributed by atoms with Crippen molar-refractivity contribution in [2.45, 2.75) is 11.8 Å². The maximum Gasteiger partial charge on any atom is 0.314 e. The van der Waals surface area contributed by atoms with Crippen LogP contribution in [0.15, 0.2) is 58.4 Å². The molecular formula is C20H16F2N2O5S. The van der Waals surface area contributed by atoms with Crippen molar-refractivity contribution in [3.05, 3.63) is 70.6 Å². The van der Waals surface area contributed by atoms with Gasteiger partial charge in [0.1, 0.15) is 6.61 Å². The Morgan fingerprint density at radius 1 is 1.10 bits per heavy atom. The summed E-state index contributed by atoms with van der Waals surface area (Å²) in [6, 6.07) is 8.49. The molecule has 30 heavy (non-hydrogen) atoms. The first-order valence-electron chi connectivity index (χ1n) is 8.58. The van der Waals surface area contributed by atoms with Gasteiger partial charge in [-0.25, -0.2) is 17.2 Å². The van der Waals surface area contributed by atoms with Gasteiger partial charge in [-0.05, 0) is 36.8 Å². The number of ether oxygens (including phenoxy) is 1. The standard InChI is InChI=1S/C20H16F2N2O5S/c1-12(25)11-29-19-16(13-3-6-15(7-4-13)30(2,27)28)10-23-24(20(19)26)14-5-8-17(21)18(22)9-14/h3-10H,11H2,1-2H3. The van der Waals surface area contributed by atoms with Gasteiger partial charge in [0, 0.05) is 17.9 Å². The fraction of sp³-hybridized carbons (Fsp3) is 0.150. The molecule has 0 aliphatic carbocycles. The number of benzene rings is 2. The molecule has 10 heteroatoms. The molecule has 0 N–H and O–H groups in total. The monoisotopic (exact) mass is 434 g/mol. The van der Waals surface area contributed by atoms with Crippen LogP contribution in [0.4, 0.5) is 8.78 Å². The van der Waals surface area contributed by atoms with Gasteiger partial charge in [-0.15, -0.1) is 0 Å². The van der Waals surface area contributed by atoms with E-state index in [1.807, 2.05) is 0 Å². The Morgan fingerprint density at radius 3 is 2.33 bits per heavy atom. The number of ketones is 1. The van der Waals surface area contributed by atoms with Gasteiger partial charge in [-0.2, -0.15) is 9.78 Å². The van der Waals surface area contributed by atoms with Crippen LogP contribution in [0.5, 0.6) is 5.75 Å². The average Bonchev–Trinajstić information content (AvgIpc) is 2.68. The van der Waals surface area contributed by atoms with E-state index in [1.165, 1.54) is 43.5 Å². The van der Waals surface area contributed by atoms with Crippen LogP contribution in [0.25, 0.3) is 16.8 Å². The highest BCUT2D eigenvalue weighted by Gasteiger charge is 2.18. The lowest BCUT2D eigenvalue weighted by molar-refractivity contribution is -0.118. The molecule has 0 spiro atoms. The smallest absolute Gasteiger partial charge is 0.314 e. The van der Waals surface area contributed by atoms with Crippen molar-refractivity contribution in [3.63, 3.8) is 0 Å². The molecule has 0 amide bonds. The van der Waals surface area contributed by atoms with Crippen LogP contribution in [0.2, 0.25) is 0 Å². The molecule has 7 nitrogen and oxygen atoms in total. The molecule has 3 aromatic rings. The minimum Gasteiger partial charge on any atom is -0.479 e. The highest BCUT2D eigenvalue weighted by atomic mass is 32.2. The van der Waals surface area contributed by atoms with Gasteiger partial charge < -0.3 is 4.74 Å². The minimum absolute atomic E-state index is 0.0365. The van der Waals surface area contributed by atoms with Gasteiger partial charge in [0.25, 0.3) is 0 Å². The second kappa shape index (κ2) is 8.15. The van der Waals surface area contributed by atoms with E-state index >= 15 is 0 Å². The van der Waals surface area contributed by atoms with Gasteiger partial charge in [0.05, 0.1) is 16.8 Å². The summed E-state index contributed by atoms with van der Waals surface area (Å²) < 4.78 is 56.3.